The monoisotopic (exact) mass is 300 g/mol. The van der Waals surface area contributed by atoms with Crippen LogP contribution in [0.5, 0.6) is 0 Å². The quantitative estimate of drug-likeness (QED) is 0.507. The molecule has 2 aromatic carbocycles. The predicted octanol–water partition coefficient (Wildman–Crippen LogP) is 0.589. The van der Waals surface area contributed by atoms with Crippen LogP contribution >= 0.6 is 0 Å². The number of rotatable bonds is 0. The van der Waals surface area contributed by atoms with Crippen molar-refractivity contribution < 1.29 is 31.9 Å². The third-order valence-electron chi connectivity index (χ3n) is 1.69. The maximum atomic E-state index is 4.87. The van der Waals surface area contributed by atoms with E-state index in [2.05, 4.69) is 6.92 Å². The number of halogens is 1. The van der Waals surface area contributed by atoms with Crippen LogP contribution in [-0.4, -0.2) is 0 Å². The van der Waals surface area contributed by atoms with Crippen LogP contribution < -0.4 is 12.4 Å². The molecule has 0 N–H and O–H groups in total. The maximum Gasteiger partial charge on any atom is 2.00 e. The van der Waals surface area contributed by atoms with Crippen LogP contribution in [-0.2, 0) is 32.1 Å². The predicted molar refractivity (Wildman–Crippen MR) is 63.3 cm³/mol. The molecule has 0 aliphatic heterocycles. The van der Waals surface area contributed by atoms with E-state index < -0.39 is 0 Å². The van der Waals surface area contributed by atoms with Gasteiger partial charge in [0, 0.05) is 0 Å². The fraction of sp³-hybridized carbons (Fsp3) is 0.0769. The molecule has 0 nitrogen and oxygen atoms in total. The van der Waals surface area contributed by atoms with Crippen LogP contribution in [0.1, 0.15) is 5.56 Å². The van der Waals surface area contributed by atoms with Crippen molar-refractivity contribution in [3.8, 4) is 0 Å². The number of benzene rings is 2. The first-order chi connectivity index (χ1) is 6.79. The summed E-state index contributed by atoms with van der Waals surface area (Å²) >= 11 is 4.87. The van der Waals surface area contributed by atoms with Crippen LogP contribution in [0.4, 0.5) is 0 Å². The van der Waals surface area contributed by atoms with Crippen molar-refractivity contribution in [1.82, 2.24) is 0 Å². The molecule has 0 atom stereocenters. The Bertz CT molecular complexity index is 300. The van der Waals surface area contributed by atoms with Crippen LogP contribution in [0, 0.1) is 6.92 Å². The SMILES string of the molecule is Cc1ccc([S-])cc1.[Cl-].[Zn+2].c1ccccc1. The van der Waals surface area contributed by atoms with E-state index in [1.165, 1.54) is 5.56 Å². The summed E-state index contributed by atoms with van der Waals surface area (Å²) in [6.45, 7) is 2.05. The first-order valence-corrected chi connectivity index (χ1v) is 4.93. The summed E-state index contributed by atoms with van der Waals surface area (Å²) in [6, 6.07) is 19.9. The van der Waals surface area contributed by atoms with Crippen molar-refractivity contribution in [3.63, 3.8) is 0 Å². The Hall–Kier alpha value is -0.427. The van der Waals surface area contributed by atoms with Crippen LogP contribution in [0.2, 0.25) is 0 Å². The van der Waals surface area contributed by atoms with Crippen LogP contribution in [0.25, 0.3) is 0 Å². The van der Waals surface area contributed by atoms with Crippen molar-refractivity contribution in [2.24, 2.45) is 0 Å². The van der Waals surface area contributed by atoms with E-state index >= 15 is 0 Å². The first-order valence-electron chi connectivity index (χ1n) is 4.53. The van der Waals surface area contributed by atoms with Crippen LogP contribution in [0.3, 0.4) is 0 Å². The van der Waals surface area contributed by atoms with Crippen molar-refractivity contribution >= 4 is 12.6 Å². The fourth-order valence-corrected chi connectivity index (χ4v) is 1.06. The second-order valence-corrected chi connectivity index (χ2v) is 3.44. The molecule has 0 amide bonds. The maximum absolute atomic E-state index is 4.87. The number of hydrogen-bond acceptors (Lipinski definition) is 1. The Morgan fingerprint density at radius 3 is 1.31 bits per heavy atom. The van der Waals surface area contributed by atoms with Gasteiger partial charge in [0.25, 0.3) is 0 Å². The molecule has 16 heavy (non-hydrogen) atoms. The van der Waals surface area contributed by atoms with Gasteiger partial charge in [0.15, 0.2) is 0 Å². The van der Waals surface area contributed by atoms with Gasteiger partial charge in [-0.25, -0.2) is 0 Å². The van der Waals surface area contributed by atoms with E-state index in [9.17, 15) is 0 Å². The molecule has 0 heterocycles. The minimum Gasteiger partial charge on any atom is -1.00 e. The topological polar surface area (TPSA) is 0 Å². The Morgan fingerprint density at radius 1 is 0.750 bits per heavy atom. The third kappa shape index (κ3) is 8.85. The molecule has 0 fully saturated rings. The average molecular weight is 302 g/mol. The van der Waals surface area contributed by atoms with E-state index in [-0.39, 0.29) is 31.9 Å². The molecule has 0 bridgehead atoms. The van der Waals surface area contributed by atoms with Gasteiger partial charge in [0.2, 0.25) is 0 Å². The minimum absolute atomic E-state index is 0. The molecule has 0 spiro atoms. The van der Waals surface area contributed by atoms with Gasteiger partial charge in [-0.1, -0.05) is 66.2 Å². The fourth-order valence-electron chi connectivity index (χ4n) is 0.923. The summed E-state index contributed by atoms with van der Waals surface area (Å²) in [4.78, 5) is 0.913. The number of hydrogen-bond donors (Lipinski definition) is 0. The van der Waals surface area contributed by atoms with E-state index in [4.69, 9.17) is 12.6 Å². The number of aryl methyl sites for hydroxylation is 1. The second-order valence-electron chi connectivity index (χ2n) is 2.97. The molecule has 0 radical (unpaired) electrons. The summed E-state index contributed by atoms with van der Waals surface area (Å²) in [5.41, 5.74) is 1.26. The zero-order valence-corrected chi connectivity index (χ0v) is 13.8. The largest absolute Gasteiger partial charge is 2.00 e. The Labute approximate surface area is 122 Å². The molecule has 80 valence electrons. The van der Waals surface area contributed by atoms with Gasteiger partial charge in [0.05, 0.1) is 0 Å². The van der Waals surface area contributed by atoms with E-state index in [0.29, 0.717) is 0 Å². The van der Waals surface area contributed by atoms with Gasteiger partial charge in [-0.15, -0.1) is 0 Å². The zero-order valence-electron chi connectivity index (χ0n) is 9.27. The van der Waals surface area contributed by atoms with Gasteiger partial charge >= 0.3 is 19.5 Å². The molecule has 3 heteroatoms. The Kier molecular flexibility index (Phi) is 12.4. The van der Waals surface area contributed by atoms with Gasteiger partial charge in [-0.3, -0.25) is 0 Å². The third-order valence-corrected chi connectivity index (χ3v) is 1.96. The van der Waals surface area contributed by atoms with E-state index in [1.807, 2.05) is 60.7 Å². The summed E-state index contributed by atoms with van der Waals surface area (Å²) in [6.07, 6.45) is 0. The summed E-state index contributed by atoms with van der Waals surface area (Å²) in [7, 11) is 0. The van der Waals surface area contributed by atoms with Gasteiger partial charge in [-0.05, 0) is 6.92 Å². The Morgan fingerprint density at radius 2 is 1.06 bits per heavy atom. The molecular weight excluding hydrogens is 289 g/mol. The van der Waals surface area contributed by atoms with Crippen molar-refractivity contribution in [2.75, 3.05) is 0 Å². The molecule has 0 aliphatic carbocycles. The molecule has 0 saturated heterocycles. The van der Waals surface area contributed by atoms with E-state index in [1.54, 1.807) is 0 Å². The molecule has 0 unspecified atom stereocenters. The molecular formula is C13H13ClSZn. The molecule has 0 saturated carbocycles. The minimum atomic E-state index is 0. The van der Waals surface area contributed by atoms with Crippen molar-refractivity contribution in [2.45, 2.75) is 11.8 Å². The van der Waals surface area contributed by atoms with Crippen molar-refractivity contribution in [3.05, 3.63) is 66.2 Å². The first kappa shape index (κ1) is 18.0. The summed E-state index contributed by atoms with van der Waals surface area (Å²) < 4.78 is 0. The van der Waals surface area contributed by atoms with Gasteiger partial charge in [-0.2, -0.15) is 4.90 Å². The molecule has 2 aromatic rings. The summed E-state index contributed by atoms with van der Waals surface area (Å²) in [5, 5.41) is 0. The van der Waals surface area contributed by atoms with Crippen LogP contribution in [0.15, 0.2) is 65.6 Å². The van der Waals surface area contributed by atoms with Gasteiger partial charge in [0.1, 0.15) is 0 Å². The summed E-state index contributed by atoms with van der Waals surface area (Å²) in [5.74, 6) is 0. The zero-order chi connectivity index (χ0) is 10.2. The molecule has 0 aromatic heterocycles. The van der Waals surface area contributed by atoms with E-state index in [0.717, 1.165) is 4.90 Å². The normalized spacial score (nSPS) is 7.56. The molecule has 2 rings (SSSR count). The standard InChI is InChI=1S/C7H8S.C6H6.ClH.Zn/c1-6-2-4-7(8)5-3-6;1-2-4-6-5-3-1;;/h2-5,8H,1H3;1-6H;1H;/q;;;+2/p-2. The molecule has 0 aliphatic rings. The second kappa shape index (κ2) is 11.1. The Balaban J connectivity index is 0. The average Bonchev–Trinajstić information content (AvgIpc) is 2.26. The van der Waals surface area contributed by atoms with Gasteiger partial charge < -0.3 is 25.0 Å². The van der Waals surface area contributed by atoms with Crippen molar-refractivity contribution in [1.29, 1.82) is 0 Å². The smallest absolute Gasteiger partial charge is 1.00 e.